The number of aromatic nitrogens is 4. The lowest BCUT2D eigenvalue weighted by molar-refractivity contribution is 0.155. The highest BCUT2D eigenvalue weighted by Crippen LogP contribution is 2.38. The molecule has 0 spiro atoms. The third kappa shape index (κ3) is 4.24. The number of amides is 1. The van der Waals surface area contributed by atoms with Crippen LogP contribution in [0.5, 0.6) is 5.75 Å². The number of hydrogen-bond donors (Lipinski definition) is 2. The maximum absolute atomic E-state index is 12.5. The fraction of sp³-hybridized carbons (Fsp3) is 0.280. The first-order chi connectivity index (χ1) is 16.6. The molecule has 34 heavy (non-hydrogen) atoms. The number of nitrogens with two attached hydrogens (primary N) is 1. The van der Waals surface area contributed by atoms with Crippen LogP contribution in [0.25, 0.3) is 22.3 Å². The molecular weight excluding hydrogens is 432 g/mol. The average molecular weight is 459 g/mol. The molecule has 0 unspecified atom stereocenters. The molecule has 2 heterocycles. The van der Waals surface area contributed by atoms with Gasteiger partial charge < -0.3 is 15.2 Å². The van der Waals surface area contributed by atoms with Crippen molar-refractivity contribution in [1.29, 1.82) is 0 Å². The Balaban J connectivity index is 1.47. The highest BCUT2D eigenvalue weighted by molar-refractivity contribution is 5.99. The van der Waals surface area contributed by atoms with E-state index in [1.165, 1.54) is 19.2 Å². The summed E-state index contributed by atoms with van der Waals surface area (Å²) in [7, 11) is 1.55. The van der Waals surface area contributed by atoms with Crippen LogP contribution in [0.2, 0.25) is 0 Å². The second-order valence-corrected chi connectivity index (χ2v) is 8.29. The van der Waals surface area contributed by atoms with Crippen molar-refractivity contribution < 1.29 is 14.3 Å². The van der Waals surface area contributed by atoms with Crippen LogP contribution in [-0.2, 0) is 11.3 Å². The van der Waals surface area contributed by atoms with E-state index in [9.17, 15) is 4.79 Å². The van der Waals surface area contributed by atoms with E-state index in [0.717, 1.165) is 29.6 Å². The van der Waals surface area contributed by atoms with E-state index in [0.29, 0.717) is 28.3 Å². The number of nitrogen functional groups attached to an aromatic ring is 1. The summed E-state index contributed by atoms with van der Waals surface area (Å²) in [5.41, 5.74) is 9.79. The van der Waals surface area contributed by atoms with E-state index < -0.39 is 6.09 Å². The molecule has 1 amide bonds. The quantitative estimate of drug-likeness (QED) is 0.420. The number of methoxy groups -OCH3 is 1. The minimum atomic E-state index is -0.580. The van der Waals surface area contributed by atoms with Crippen LogP contribution in [0.3, 0.4) is 0 Å². The average Bonchev–Trinajstić information content (AvgIpc) is 3.52. The highest BCUT2D eigenvalue weighted by Gasteiger charge is 2.25. The number of nitrogens with zero attached hydrogens (tertiary/aromatic N) is 4. The van der Waals surface area contributed by atoms with Gasteiger partial charge in [-0.05, 0) is 36.6 Å². The van der Waals surface area contributed by atoms with Gasteiger partial charge in [0.25, 0.3) is 0 Å². The Labute approximate surface area is 196 Å². The van der Waals surface area contributed by atoms with Gasteiger partial charge in [0.05, 0.1) is 24.2 Å². The third-order valence-corrected chi connectivity index (χ3v) is 6.11. The second-order valence-electron chi connectivity index (χ2n) is 8.29. The summed E-state index contributed by atoms with van der Waals surface area (Å²) in [6, 6.07) is 15.2. The maximum atomic E-state index is 12.5. The van der Waals surface area contributed by atoms with Crippen LogP contribution in [-0.4, -0.2) is 33.0 Å². The fourth-order valence-corrected chi connectivity index (χ4v) is 4.42. The van der Waals surface area contributed by atoms with E-state index in [2.05, 4.69) is 15.3 Å². The predicted octanol–water partition coefficient (Wildman–Crippen LogP) is 4.95. The first kappa shape index (κ1) is 21.7. The lowest BCUT2D eigenvalue weighted by Crippen LogP contribution is -2.14. The normalized spacial score (nSPS) is 13.8. The molecule has 9 nitrogen and oxygen atoms in total. The van der Waals surface area contributed by atoms with Crippen LogP contribution in [0.1, 0.15) is 37.3 Å². The fourth-order valence-electron chi connectivity index (χ4n) is 4.42. The zero-order valence-electron chi connectivity index (χ0n) is 18.9. The number of carbonyl (C=O) groups is 1. The van der Waals surface area contributed by atoms with Gasteiger partial charge in [0, 0.05) is 5.56 Å². The summed E-state index contributed by atoms with van der Waals surface area (Å²) >= 11 is 0. The summed E-state index contributed by atoms with van der Waals surface area (Å²) in [5.74, 6) is 0.876. The maximum Gasteiger partial charge on any atom is 0.412 e. The molecule has 2 aromatic carbocycles. The number of anilines is 2. The second kappa shape index (κ2) is 9.38. The number of ether oxygens (including phenoxy) is 2. The van der Waals surface area contributed by atoms with Crippen LogP contribution < -0.4 is 15.8 Å². The molecule has 0 bridgehead atoms. The van der Waals surface area contributed by atoms with E-state index >= 15 is 0 Å². The van der Waals surface area contributed by atoms with Crippen molar-refractivity contribution in [2.45, 2.75) is 38.3 Å². The molecule has 9 heteroatoms. The van der Waals surface area contributed by atoms with E-state index in [1.807, 2.05) is 41.1 Å². The Morgan fingerprint density at radius 3 is 2.71 bits per heavy atom. The van der Waals surface area contributed by atoms with Crippen LogP contribution in [0.15, 0.2) is 54.9 Å². The number of carbonyl (C=O) groups excluding carboxylic acids is 1. The summed E-state index contributed by atoms with van der Waals surface area (Å²) in [6.07, 6.45) is 5.35. The molecule has 5 rings (SSSR count). The molecular formula is C25H26N6O3. The molecule has 2 aromatic heterocycles. The number of rotatable bonds is 6. The Morgan fingerprint density at radius 2 is 1.94 bits per heavy atom. The van der Waals surface area contributed by atoms with Gasteiger partial charge in [-0.1, -0.05) is 43.2 Å². The zero-order chi connectivity index (χ0) is 23.5. The van der Waals surface area contributed by atoms with Crippen molar-refractivity contribution in [3.63, 3.8) is 0 Å². The molecule has 0 aliphatic heterocycles. The summed E-state index contributed by atoms with van der Waals surface area (Å²) in [5, 5.41) is 8.39. The van der Waals surface area contributed by atoms with Crippen molar-refractivity contribution in [2.24, 2.45) is 0 Å². The smallest absolute Gasteiger partial charge is 0.412 e. The molecule has 1 aliphatic carbocycles. The first-order valence-corrected chi connectivity index (χ1v) is 11.3. The molecule has 3 N–H and O–H groups in total. The van der Waals surface area contributed by atoms with Crippen LogP contribution in [0, 0.1) is 0 Å². The standard InChI is InChI=1S/C25H26N6O3/c1-33-20-12-11-17(13-19(20)29-25(32)34-14-16-7-3-2-4-8-16)22-21-23(26)27-15-28-24(21)31(30-22)18-9-5-6-10-18/h2-4,7-8,11-13,15,18H,5-6,9-10,14H2,1H3,(H,29,32)(H2,26,27,28). The number of hydrogen-bond acceptors (Lipinski definition) is 7. The van der Waals surface area contributed by atoms with E-state index in [-0.39, 0.29) is 12.6 Å². The Hall–Kier alpha value is -4.14. The van der Waals surface area contributed by atoms with Gasteiger partial charge in [-0.2, -0.15) is 5.10 Å². The van der Waals surface area contributed by atoms with Crippen molar-refractivity contribution >= 4 is 28.6 Å². The van der Waals surface area contributed by atoms with Crippen molar-refractivity contribution in [3.05, 3.63) is 60.4 Å². The Bertz CT molecular complexity index is 1320. The molecule has 0 radical (unpaired) electrons. The van der Waals surface area contributed by atoms with Crippen molar-refractivity contribution in [2.75, 3.05) is 18.2 Å². The van der Waals surface area contributed by atoms with Crippen molar-refractivity contribution in [3.8, 4) is 17.0 Å². The van der Waals surface area contributed by atoms with Gasteiger partial charge >= 0.3 is 6.09 Å². The van der Waals surface area contributed by atoms with E-state index in [4.69, 9.17) is 20.3 Å². The summed E-state index contributed by atoms with van der Waals surface area (Å²) in [6.45, 7) is 0.166. The minimum Gasteiger partial charge on any atom is -0.495 e. The van der Waals surface area contributed by atoms with Crippen LogP contribution >= 0.6 is 0 Å². The molecule has 1 aliphatic rings. The zero-order valence-corrected chi connectivity index (χ0v) is 18.9. The van der Waals surface area contributed by atoms with Gasteiger partial charge in [0.2, 0.25) is 0 Å². The number of nitrogens with one attached hydrogen (secondary N) is 1. The van der Waals surface area contributed by atoms with Crippen molar-refractivity contribution in [1.82, 2.24) is 19.7 Å². The summed E-state index contributed by atoms with van der Waals surface area (Å²) in [4.78, 5) is 21.2. The summed E-state index contributed by atoms with van der Waals surface area (Å²) < 4.78 is 12.8. The van der Waals surface area contributed by atoms with Gasteiger partial charge in [0.1, 0.15) is 30.2 Å². The highest BCUT2D eigenvalue weighted by atomic mass is 16.5. The SMILES string of the molecule is COc1ccc(-c2nn(C3CCCC3)c3ncnc(N)c23)cc1NC(=O)OCc1ccccc1. The lowest BCUT2D eigenvalue weighted by atomic mass is 10.1. The lowest BCUT2D eigenvalue weighted by Gasteiger charge is -2.12. The molecule has 0 atom stereocenters. The predicted molar refractivity (Wildman–Crippen MR) is 129 cm³/mol. The largest absolute Gasteiger partial charge is 0.495 e. The number of fused-ring (bicyclic) bond motifs is 1. The molecule has 1 saturated carbocycles. The van der Waals surface area contributed by atoms with E-state index in [1.54, 1.807) is 19.2 Å². The van der Waals surface area contributed by atoms with Gasteiger partial charge in [0.15, 0.2) is 5.65 Å². The van der Waals surface area contributed by atoms with Gasteiger partial charge in [-0.25, -0.2) is 19.4 Å². The third-order valence-electron chi connectivity index (χ3n) is 6.11. The molecule has 4 aromatic rings. The first-order valence-electron chi connectivity index (χ1n) is 11.3. The molecule has 174 valence electrons. The molecule has 1 fully saturated rings. The van der Waals surface area contributed by atoms with Gasteiger partial charge in [-0.3, -0.25) is 5.32 Å². The Morgan fingerprint density at radius 1 is 1.15 bits per heavy atom. The van der Waals surface area contributed by atoms with Gasteiger partial charge in [-0.15, -0.1) is 0 Å². The topological polar surface area (TPSA) is 117 Å². The van der Waals surface area contributed by atoms with Crippen LogP contribution in [0.4, 0.5) is 16.3 Å². The molecule has 0 saturated heterocycles. The minimum absolute atomic E-state index is 0.166. The Kier molecular flexibility index (Phi) is 5.99. The monoisotopic (exact) mass is 458 g/mol. The number of benzene rings is 2.